The number of hydrogen-bond acceptors (Lipinski definition) is 3. The Hall–Kier alpha value is -1.65. The van der Waals surface area contributed by atoms with Crippen LogP contribution in [0.5, 0.6) is 0 Å². The Bertz CT molecular complexity index is 522. The molecule has 20 heavy (non-hydrogen) atoms. The lowest BCUT2D eigenvalue weighted by Gasteiger charge is -2.10. The summed E-state index contributed by atoms with van der Waals surface area (Å²) < 4.78 is 7.56. The van der Waals surface area contributed by atoms with E-state index in [2.05, 4.69) is 39.1 Å². The van der Waals surface area contributed by atoms with E-state index in [0.29, 0.717) is 6.61 Å². The molecule has 0 aliphatic carbocycles. The molecule has 2 rings (SSSR count). The second kappa shape index (κ2) is 7.82. The van der Waals surface area contributed by atoms with Crippen molar-refractivity contribution in [2.45, 2.75) is 26.5 Å². The third-order valence-corrected chi connectivity index (χ3v) is 3.34. The van der Waals surface area contributed by atoms with Crippen molar-refractivity contribution < 1.29 is 4.74 Å². The molecule has 1 N–H and O–H groups in total. The normalized spacial score (nSPS) is 10.9. The van der Waals surface area contributed by atoms with Crippen molar-refractivity contribution in [3.63, 3.8) is 0 Å². The minimum atomic E-state index is 0.688. The van der Waals surface area contributed by atoms with E-state index in [1.807, 2.05) is 26.4 Å². The van der Waals surface area contributed by atoms with Crippen LogP contribution >= 0.6 is 0 Å². The van der Waals surface area contributed by atoms with Gasteiger partial charge in [-0.05, 0) is 18.1 Å². The highest BCUT2D eigenvalue weighted by molar-refractivity contribution is 5.26. The van der Waals surface area contributed by atoms with Gasteiger partial charge in [0.05, 0.1) is 6.61 Å². The largest absolute Gasteiger partial charge is 0.377 e. The number of nitrogens with one attached hydrogen (secondary N) is 1. The number of imidazole rings is 1. The average Bonchev–Trinajstić information content (AvgIpc) is 2.88. The summed E-state index contributed by atoms with van der Waals surface area (Å²) in [5.74, 6) is 1.11. The predicted molar refractivity (Wildman–Crippen MR) is 80.4 cm³/mol. The summed E-state index contributed by atoms with van der Waals surface area (Å²) in [5.41, 5.74) is 2.57. The Morgan fingerprint density at radius 3 is 2.75 bits per heavy atom. The fourth-order valence-corrected chi connectivity index (χ4v) is 2.14. The molecular formula is C16H23N3O. The van der Waals surface area contributed by atoms with Gasteiger partial charge in [0.25, 0.3) is 0 Å². The monoisotopic (exact) mass is 273 g/mol. The fraction of sp³-hybridized carbons (Fsp3) is 0.438. The van der Waals surface area contributed by atoms with Crippen LogP contribution in [0.15, 0.2) is 36.7 Å². The van der Waals surface area contributed by atoms with Crippen molar-refractivity contribution in [2.75, 3.05) is 13.2 Å². The van der Waals surface area contributed by atoms with E-state index in [1.165, 1.54) is 11.1 Å². The molecule has 0 unspecified atom stereocenters. The molecule has 0 radical (unpaired) electrons. The zero-order chi connectivity index (χ0) is 14.2. The SMILES string of the molecule is CCOCc1ccccc1CNCCc1nccn1C. The molecule has 0 amide bonds. The molecule has 0 aliphatic heterocycles. The quantitative estimate of drug-likeness (QED) is 0.750. The first kappa shape index (κ1) is 14.8. The smallest absolute Gasteiger partial charge is 0.109 e. The molecular weight excluding hydrogens is 250 g/mol. The standard InChI is InChI=1S/C16H23N3O/c1-3-20-13-15-7-5-4-6-14(15)12-17-9-8-16-18-10-11-19(16)2/h4-7,10-11,17H,3,8-9,12-13H2,1-2H3. The molecule has 1 aromatic carbocycles. The highest BCUT2D eigenvalue weighted by Crippen LogP contribution is 2.10. The van der Waals surface area contributed by atoms with Crippen molar-refractivity contribution in [2.24, 2.45) is 7.05 Å². The first-order chi connectivity index (χ1) is 9.81. The van der Waals surface area contributed by atoms with Crippen LogP contribution in [-0.4, -0.2) is 22.7 Å². The second-order valence-corrected chi connectivity index (χ2v) is 4.79. The summed E-state index contributed by atoms with van der Waals surface area (Å²) in [6, 6.07) is 8.42. The summed E-state index contributed by atoms with van der Waals surface area (Å²) in [4.78, 5) is 4.32. The van der Waals surface area contributed by atoms with Crippen molar-refractivity contribution in [3.05, 3.63) is 53.6 Å². The molecule has 0 aliphatic rings. The molecule has 0 saturated carbocycles. The lowest BCUT2D eigenvalue weighted by atomic mass is 10.1. The highest BCUT2D eigenvalue weighted by Gasteiger charge is 2.02. The molecule has 108 valence electrons. The summed E-state index contributed by atoms with van der Waals surface area (Å²) in [6.45, 7) is 5.25. The number of benzene rings is 1. The highest BCUT2D eigenvalue weighted by atomic mass is 16.5. The van der Waals surface area contributed by atoms with Crippen LogP contribution in [0.1, 0.15) is 23.9 Å². The van der Waals surface area contributed by atoms with Gasteiger partial charge in [-0.2, -0.15) is 0 Å². The predicted octanol–water partition coefficient (Wildman–Crippen LogP) is 2.29. The molecule has 4 heteroatoms. The van der Waals surface area contributed by atoms with Crippen LogP contribution in [0.3, 0.4) is 0 Å². The van der Waals surface area contributed by atoms with Gasteiger partial charge >= 0.3 is 0 Å². The van der Waals surface area contributed by atoms with Gasteiger partial charge in [-0.3, -0.25) is 0 Å². The van der Waals surface area contributed by atoms with E-state index in [9.17, 15) is 0 Å². The Kier molecular flexibility index (Phi) is 5.77. The summed E-state index contributed by atoms with van der Waals surface area (Å²) in [6.07, 6.45) is 4.76. The Morgan fingerprint density at radius 2 is 2.05 bits per heavy atom. The number of aryl methyl sites for hydroxylation is 1. The van der Waals surface area contributed by atoms with Crippen LogP contribution in [0, 0.1) is 0 Å². The molecule has 1 heterocycles. The van der Waals surface area contributed by atoms with Crippen molar-refractivity contribution in [1.82, 2.24) is 14.9 Å². The summed E-state index contributed by atoms with van der Waals surface area (Å²) in [5, 5.41) is 3.48. The topological polar surface area (TPSA) is 39.1 Å². The lowest BCUT2D eigenvalue weighted by Crippen LogP contribution is -2.19. The van der Waals surface area contributed by atoms with Crippen LogP contribution in [-0.2, 0) is 31.4 Å². The van der Waals surface area contributed by atoms with Crippen LogP contribution in [0.25, 0.3) is 0 Å². The number of hydrogen-bond donors (Lipinski definition) is 1. The van der Waals surface area contributed by atoms with E-state index in [1.54, 1.807) is 0 Å². The number of nitrogens with zero attached hydrogens (tertiary/aromatic N) is 2. The molecule has 2 aromatic rings. The molecule has 0 spiro atoms. The third kappa shape index (κ3) is 4.18. The van der Waals surface area contributed by atoms with Gasteiger partial charge in [0, 0.05) is 45.6 Å². The van der Waals surface area contributed by atoms with Crippen LogP contribution in [0.2, 0.25) is 0 Å². The van der Waals surface area contributed by atoms with Crippen molar-refractivity contribution in [3.8, 4) is 0 Å². The molecule has 0 bridgehead atoms. The van der Waals surface area contributed by atoms with Gasteiger partial charge < -0.3 is 14.6 Å². The number of ether oxygens (including phenoxy) is 1. The van der Waals surface area contributed by atoms with Gasteiger partial charge in [0.2, 0.25) is 0 Å². The Balaban J connectivity index is 1.80. The maximum absolute atomic E-state index is 5.50. The van der Waals surface area contributed by atoms with E-state index >= 15 is 0 Å². The zero-order valence-corrected chi connectivity index (χ0v) is 12.3. The van der Waals surface area contributed by atoms with E-state index in [0.717, 1.165) is 31.9 Å². The van der Waals surface area contributed by atoms with Gasteiger partial charge in [-0.25, -0.2) is 4.98 Å². The summed E-state index contributed by atoms with van der Waals surface area (Å²) >= 11 is 0. The molecule has 0 saturated heterocycles. The van der Waals surface area contributed by atoms with Gasteiger partial charge in [-0.1, -0.05) is 24.3 Å². The number of aromatic nitrogens is 2. The Labute approximate surface area is 120 Å². The molecule has 0 fully saturated rings. The van der Waals surface area contributed by atoms with Crippen molar-refractivity contribution >= 4 is 0 Å². The zero-order valence-electron chi connectivity index (χ0n) is 12.3. The molecule has 1 aromatic heterocycles. The van der Waals surface area contributed by atoms with E-state index in [4.69, 9.17) is 4.74 Å². The van der Waals surface area contributed by atoms with Gasteiger partial charge in [0.1, 0.15) is 5.82 Å². The lowest BCUT2D eigenvalue weighted by molar-refractivity contribution is 0.133. The average molecular weight is 273 g/mol. The number of rotatable bonds is 8. The molecule has 0 atom stereocenters. The van der Waals surface area contributed by atoms with Gasteiger partial charge in [0.15, 0.2) is 0 Å². The maximum atomic E-state index is 5.50. The molecule has 4 nitrogen and oxygen atoms in total. The Morgan fingerprint density at radius 1 is 1.25 bits per heavy atom. The van der Waals surface area contributed by atoms with Gasteiger partial charge in [-0.15, -0.1) is 0 Å². The third-order valence-electron chi connectivity index (χ3n) is 3.34. The van der Waals surface area contributed by atoms with Crippen molar-refractivity contribution in [1.29, 1.82) is 0 Å². The summed E-state index contributed by atoms with van der Waals surface area (Å²) in [7, 11) is 2.03. The first-order valence-electron chi connectivity index (χ1n) is 7.12. The van der Waals surface area contributed by atoms with Crippen LogP contribution < -0.4 is 5.32 Å². The van der Waals surface area contributed by atoms with Crippen LogP contribution in [0.4, 0.5) is 0 Å². The van der Waals surface area contributed by atoms with E-state index < -0.39 is 0 Å². The fourth-order valence-electron chi connectivity index (χ4n) is 2.14. The maximum Gasteiger partial charge on any atom is 0.109 e. The second-order valence-electron chi connectivity index (χ2n) is 4.79. The minimum absolute atomic E-state index is 0.688. The van der Waals surface area contributed by atoms with E-state index in [-0.39, 0.29) is 0 Å². The minimum Gasteiger partial charge on any atom is -0.377 e. The first-order valence-corrected chi connectivity index (χ1v) is 7.12.